The number of para-hydroxylation sites is 2. The third-order valence-corrected chi connectivity index (χ3v) is 11.8. The third kappa shape index (κ3) is 6.20. The van der Waals surface area contributed by atoms with Crippen LogP contribution in [0.4, 0.5) is 0 Å². The summed E-state index contributed by atoms with van der Waals surface area (Å²) in [6.07, 6.45) is 0. The van der Waals surface area contributed by atoms with E-state index in [0.29, 0.717) is 28.4 Å². The molecule has 10 heteroatoms. The smallest absolute Gasteiger partial charge is 0.167 e. The van der Waals surface area contributed by atoms with Crippen LogP contribution < -0.4 is 0 Å². The van der Waals surface area contributed by atoms with Crippen LogP contribution in [0.1, 0.15) is 11.5 Å². The first-order chi connectivity index (χ1) is 29.8. The van der Waals surface area contributed by atoms with Crippen LogP contribution in [-0.2, 0) is 0 Å². The summed E-state index contributed by atoms with van der Waals surface area (Å²) >= 11 is 0. The zero-order valence-electron chi connectivity index (χ0n) is 32.7. The second kappa shape index (κ2) is 14.6. The molecule has 10 aromatic rings. The van der Waals surface area contributed by atoms with Gasteiger partial charge >= 0.3 is 0 Å². The Bertz CT molecular complexity index is 3430. The summed E-state index contributed by atoms with van der Waals surface area (Å²) in [7, 11) is 31.2. The zero-order chi connectivity index (χ0) is 41.4. The van der Waals surface area contributed by atoms with Gasteiger partial charge in [0.1, 0.15) is 53.7 Å². The quantitative estimate of drug-likeness (QED) is 0.158. The minimum Gasteiger partial charge on any atom is -0.456 e. The average molecular weight is 769 g/mol. The first-order valence-corrected chi connectivity index (χ1v) is 20.0. The Morgan fingerprint density at radius 3 is 1.75 bits per heavy atom. The van der Waals surface area contributed by atoms with Crippen molar-refractivity contribution in [1.29, 1.82) is 0 Å². The van der Waals surface area contributed by atoms with Gasteiger partial charge in [0.15, 0.2) is 17.5 Å². The van der Waals surface area contributed by atoms with E-state index >= 15 is 0 Å². The van der Waals surface area contributed by atoms with Crippen LogP contribution in [0.2, 0.25) is 5.82 Å². The average Bonchev–Trinajstić information content (AvgIpc) is 3.89. The summed E-state index contributed by atoms with van der Waals surface area (Å²) < 4.78 is 13.0. The van der Waals surface area contributed by atoms with E-state index in [1.807, 2.05) is 103 Å². The van der Waals surface area contributed by atoms with E-state index in [2.05, 4.69) is 54.6 Å². The highest BCUT2D eigenvalue weighted by Gasteiger charge is 2.27. The van der Waals surface area contributed by atoms with E-state index in [1.54, 1.807) is 0 Å². The molecule has 0 saturated carbocycles. The SMILES string of the molecule is [B]C1=C([B])C([B])C(c2ccc(-c3ccc(-c4ccc5c(c4)oc4cccc(-c6nc(-c7ccccc7)nc(-c7cccc8c7oc7ccccc78)n6)c45)cc3)cc2)C([B])=C1[B]. The standard InChI is InChI=1S/C51H28B5N3O2/c52-43-41(44(53)46(55)47(56)45(43)54)30-22-20-28(21-23-30)27-16-18-29(19-17-27)32-24-25-35-40(26-32)60-39-15-7-12-36(42(35)39)50-57-49(31-8-2-1-3-9-31)58-51(59-50)37-13-6-11-34-33-10-4-5-14-38(33)61-48(34)37/h1-26,41,43H. The van der Waals surface area contributed by atoms with Gasteiger partial charge in [-0.1, -0.05) is 133 Å². The largest absolute Gasteiger partial charge is 0.456 e. The van der Waals surface area contributed by atoms with Crippen molar-refractivity contribution in [2.75, 3.05) is 0 Å². The maximum atomic E-state index is 6.55. The second-order valence-electron chi connectivity index (χ2n) is 15.4. The van der Waals surface area contributed by atoms with Gasteiger partial charge < -0.3 is 8.83 Å². The van der Waals surface area contributed by atoms with Crippen molar-refractivity contribution in [3.05, 3.63) is 185 Å². The molecule has 61 heavy (non-hydrogen) atoms. The Kier molecular flexibility index (Phi) is 8.85. The fraction of sp³-hybridized carbons (Fsp3) is 0.0392. The summed E-state index contributed by atoms with van der Waals surface area (Å²) in [5.41, 5.74) is 12.0. The van der Waals surface area contributed by atoms with Crippen molar-refractivity contribution in [2.45, 2.75) is 11.7 Å². The molecule has 0 N–H and O–H groups in total. The molecule has 0 spiro atoms. The predicted molar refractivity (Wildman–Crippen MR) is 251 cm³/mol. The number of aromatic nitrogens is 3. The third-order valence-electron chi connectivity index (χ3n) is 11.8. The zero-order valence-corrected chi connectivity index (χ0v) is 32.7. The molecule has 11 rings (SSSR count). The molecular formula is C51H28B5N3O2. The van der Waals surface area contributed by atoms with Gasteiger partial charge in [0.25, 0.3) is 0 Å². The fourth-order valence-electron chi connectivity index (χ4n) is 8.60. The number of benzene rings is 7. The van der Waals surface area contributed by atoms with Crippen LogP contribution in [0.25, 0.3) is 100 Å². The number of hydrogen-bond acceptors (Lipinski definition) is 5. The lowest BCUT2D eigenvalue weighted by molar-refractivity contribution is 0.668. The molecule has 10 radical (unpaired) electrons. The summed E-state index contributed by atoms with van der Waals surface area (Å²) in [6.45, 7) is 0. The Labute approximate surface area is 358 Å². The van der Waals surface area contributed by atoms with Crippen LogP contribution in [-0.4, -0.2) is 54.2 Å². The van der Waals surface area contributed by atoms with Crippen molar-refractivity contribution in [3.63, 3.8) is 0 Å². The monoisotopic (exact) mass is 769 g/mol. The highest BCUT2D eigenvalue weighted by molar-refractivity contribution is 6.46. The Morgan fingerprint density at radius 2 is 0.984 bits per heavy atom. The molecule has 3 heterocycles. The maximum absolute atomic E-state index is 6.55. The van der Waals surface area contributed by atoms with Crippen LogP contribution in [0, 0.1) is 0 Å². The van der Waals surface area contributed by atoms with Crippen LogP contribution in [0.3, 0.4) is 0 Å². The molecule has 0 saturated heterocycles. The Hall–Kier alpha value is -7.05. The number of furan rings is 2. The van der Waals surface area contributed by atoms with Crippen LogP contribution in [0.15, 0.2) is 188 Å². The molecule has 1 aliphatic rings. The predicted octanol–water partition coefficient (Wildman–Crippen LogP) is 11.2. The summed E-state index contributed by atoms with van der Waals surface area (Å²) in [5.74, 6) is 0.697. The van der Waals surface area contributed by atoms with E-state index in [-0.39, 0.29) is 16.9 Å². The fourth-order valence-corrected chi connectivity index (χ4v) is 8.60. The van der Waals surface area contributed by atoms with Gasteiger partial charge in [-0.25, -0.2) is 15.0 Å². The maximum Gasteiger partial charge on any atom is 0.167 e. The first-order valence-electron chi connectivity index (χ1n) is 20.0. The van der Waals surface area contributed by atoms with Gasteiger partial charge in [-0.3, -0.25) is 0 Å². The summed E-state index contributed by atoms with van der Waals surface area (Å²) in [5, 5.41) is 3.94. The minimum absolute atomic E-state index is 0.253. The molecular weight excluding hydrogens is 741 g/mol. The lowest BCUT2D eigenvalue weighted by atomic mass is 9.48. The van der Waals surface area contributed by atoms with Crippen molar-refractivity contribution in [1.82, 2.24) is 15.0 Å². The highest BCUT2D eigenvalue weighted by Crippen LogP contribution is 2.44. The van der Waals surface area contributed by atoms with Crippen molar-refractivity contribution in [3.8, 4) is 56.4 Å². The number of rotatable bonds is 6. The van der Waals surface area contributed by atoms with Crippen LogP contribution in [0.5, 0.6) is 0 Å². The van der Waals surface area contributed by atoms with Gasteiger partial charge in [-0.05, 0) is 64.1 Å². The van der Waals surface area contributed by atoms with E-state index in [9.17, 15) is 0 Å². The molecule has 3 aromatic heterocycles. The van der Waals surface area contributed by atoms with Crippen LogP contribution >= 0.6 is 0 Å². The lowest BCUT2D eigenvalue weighted by Crippen LogP contribution is -2.22. The Balaban J connectivity index is 0.948. The summed E-state index contributed by atoms with van der Waals surface area (Å²) in [4.78, 5) is 15.2. The molecule has 274 valence electrons. The van der Waals surface area contributed by atoms with Gasteiger partial charge in [0.2, 0.25) is 0 Å². The molecule has 2 unspecified atom stereocenters. The number of allylic oxidation sites excluding steroid dienone is 4. The van der Waals surface area contributed by atoms with E-state index in [0.717, 1.165) is 88.4 Å². The van der Waals surface area contributed by atoms with Crippen molar-refractivity contribution >= 4 is 83.1 Å². The molecule has 5 nitrogen and oxygen atoms in total. The molecule has 2 atom stereocenters. The lowest BCUT2D eigenvalue weighted by Gasteiger charge is -2.36. The summed E-state index contributed by atoms with van der Waals surface area (Å²) in [6, 6.07) is 53.0. The molecule has 0 amide bonds. The molecule has 0 aliphatic heterocycles. The van der Waals surface area contributed by atoms with Gasteiger partial charge in [0, 0.05) is 32.7 Å². The van der Waals surface area contributed by atoms with E-state index < -0.39 is 5.82 Å². The Morgan fingerprint density at radius 1 is 0.410 bits per heavy atom. The van der Waals surface area contributed by atoms with Gasteiger partial charge in [-0.2, -0.15) is 0 Å². The van der Waals surface area contributed by atoms with Gasteiger partial charge in [-0.15, -0.1) is 21.9 Å². The topological polar surface area (TPSA) is 65.0 Å². The number of fused-ring (bicyclic) bond motifs is 6. The number of hydrogen-bond donors (Lipinski definition) is 0. The first kappa shape index (κ1) is 37.0. The molecule has 7 aromatic carbocycles. The molecule has 1 aliphatic carbocycles. The molecule has 0 bridgehead atoms. The second-order valence-corrected chi connectivity index (χ2v) is 15.4. The normalized spacial score (nSPS) is 15.7. The van der Waals surface area contributed by atoms with E-state index in [4.69, 9.17) is 63.0 Å². The van der Waals surface area contributed by atoms with Crippen molar-refractivity contribution < 1.29 is 8.83 Å². The molecule has 0 fully saturated rings. The minimum atomic E-state index is -0.562. The number of nitrogens with zero attached hydrogens (tertiary/aromatic N) is 3. The van der Waals surface area contributed by atoms with Gasteiger partial charge in [0.05, 0.1) is 13.4 Å². The highest BCUT2D eigenvalue weighted by atomic mass is 16.3. The van der Waals surface area contributed by atoms with Crippen molar-refractivity contribution in [2.24, 2.45) is 0 Å². The van der Waals surface area contributed by atoms with E-state index in [1.165, 1.54) is 0 Å².